The molecule has 4 heteroatoms. The van der Waals surface area contributed by atoms with Crippen molar-refractivity contribution in [2.75, 3.05) is 0 Å². The highest BCUT2D eigenvalue weighted by Crippen LogP contribution is 2.19. The molecule has 0 spiro atoms. The highest BCUT2D eigenvalue weighted by Gasteiger charge is 2.06. The van der Waals surface area contributed by atoms with Gasteiger partial charge in [0.2, 0.25) is 0 Å². The van der Waals surface area contributed by atoms with Gasteiger partial charge in [-0.25, -0.2) is 8.78 Å². The molecule has 0 bridgehead atoms. The van der Waals surface area contributed by atoms with Crippen molar-refractivity contribution < 1.29 is 8.78 Å². The monoisotopic (exact) mass is 177 g/mol. The smallest absolute Gasteiger partial charge is 0.145 e. The third-order valence-electron chi connectivity index (χ3n) is 1.28. The van der Waals surface area contributed by atoms with Gasteiger partial charge >= 0.3 is 0 Å². The highest BCUT2D eigenvalue weighted by molar-refractivity contribution is 6.30. The fourth-order valence-corrected chi connectivity index (χ4v) is 0.835. The summed E-state index contributed by atoms with van der Waals surface area (Å²) in [6.07, 6.45) is 0. The molecule has 0 amide bonds. The molecule has 60 valence electrons. The SMILES string of the molecule is NCc1cc(F)c(Cl)c(F)c1. The molecule has 0 unspecified atom stereocenters. The number of benzene rings is 1. The van der Waals surface area contributed by atoms with E-state index >= 15 is 0 Å². The number of nitrogens with two attached hydrogens (primary N) is 1. The minimum absolute atomic E-state index is 0.102. The van der Waals surface area contributed by atoms with Crippen LogP contribution in [-0.2, 0) is 6.54 Å². The fraction of sp³-hybridized carbons (Fsp3) is 0.143. The average Bonchev–Trinajstić information content (AvgIpc) is 1.99. The van der Waals surface area contributed by atoms with Gasteiger partial charge in [0.15, 0.2) is 0 Å². The second-order valence-electron chi connectivity index (χ2n) is 2.08. The minimum Gasteiger partial charge on any atom is -0.326 e. The van der Waals surface area contributed by atoms with Crippen LogP contribution in [0, 0.1) is 11.6 Å². The Morgan fingerprint density at radius 2 is 1.73 bits per heavy atom. The lowest BCUT2D eigenvalue weighted by Gasteiger charge is -1.99. The van der Waals surface area contributed by atoms with Crippen molar-refractivity contribution >= 4 is 11.6 Å². The Morgan fingerprint density at radius 3 is 2.09 bits per heavy atom. The summed E-state index contributed by atoms with van der Waals surface area (Å²) in [5.41, 5.74) is 5.55. The first kappa shape index (κ1) is 8.43. The predicted molar refractivity (Wildman–Crippen MR) is 39.3 cm³/mol. The maximum atomic E-state index is 12.6. The molecule has 1 nitrogen and oxygen atoms in total. The van der Waals surface area contributed by atoms with E-state index in [0.29, 0.717) is 5.56 Å². The summed E-state index contributed by atoms with van der Waals surface area (Å²) in [5, 5.41) is -0.484. The molecule has 0 heterocycles. The first-order valence-corrected chi connectivity index (χ1v) is 3.36. The lowest BCUT2D eigenvalue weighted by molar-refractivity contribution is 0.580. The van der Waals surface area contributed by atoms with E-state index in [-0.39, 0.29) is 6.54 Å². The van der Waals surface area contributed by atoms with Gasteiger partial charge in [0, 0.05) is 6.54 Å². The zero-order valence-electron chi connectivity index (χ0n) is 5.57. The van der Waals surface area contributed by atoms with E-state index in [0.717, 1.165) is 12.1 Å². The standard InChI is InChI=1S/C7H6ClF2N/c8-7-5(9)1-4(3-11)2-6(7)10/h1-2H,3,11H2. The molecular weight excluding hydrogens is 172 g/mol. The second kappa shape index (κ2) is 3.15. The van der Waals surface area contributed by atoms with E-state index in [1.165, 1.54) is 0 Å². The molecule has 1 aromatic rings. The highest BCUT2D eigenvalue weighted by atomic mass is 35.5. The Kier molecular flexibility index (Phi) is 2.42. The van der Waals surface area contributed by atoms with Gasteiger partial charge in [-0.3, -0.25) is 0 Å². The zero-order valence-corrected chi connectivity index (χ0v) is 6.33. The van der Waals surface area contributed by atoms with Gasteiger partial charge in [-0.05, 0) is 17.7 Å². The van der Waals surface area contributed by atoms with E-state index in [2.05, 4.69) is 0 Å². The molecule has 1 rings (SSSR count). The molecular formula is C7H6ClF2N. The first-order valence-electron chi connectivity index (χ1n) is 2.98. The van der Waals surface area contributed by atoms with Crippen molar-refractivity contribution in [3.05, 3.63) is 34.4 Å². The number of halogens is 3. The quantitative estimate of drug-likeness (QED) is 0.653. The molecule has 0 atom stereocenters. The first-order chi connectivity index (χ1) is 5.15. The number of hydrogen-bond acceptors (Lipinski definition) is 1. The van der Waals surface area contributed by atoms with E-state index in [1.54, 1.807) is 0 Å². The zero-order chi connectivity index (χ0) is 8.43. The molecule has 2 N–H and O–H groups in total. The molecule has 11 heavy (non-hydrogen) atoms. The van der Waals surface area contributed by atoms with Gasteiger partial charge in [-0.15, -0.1) is 0 Å². The summed E-state index contributed by atoms with van der Waals surface area (Å²) < 4.78 is 25.2. The lowest BCUT2D eigenvalue weighted by atomic mass is 10.2. The summed E-state index contributed by atoms with van der Waals surface area (Å²) in [6.45, 7) is 0.102. The van der Waals surface area contributed by atoms with Gasteiger partial charge in [0.1, 0.15) is 16.7 Å². The van der Waals surface area contributed by atoms with Crippen LogP contribution in [0.25, 0.3) is 0 Å². The molecule has 0 aliphatic heterocycles. The van der Waals surface area contributed by atoms with E-state index < -0.39 is 16.7 Å². The van der Waals surface area contributed by atoms with Gasteiger partial charge in [-0.1, -0.05) is 11.6 Å². The Balaban J connectivity index is 3.21. The summed E-state index contributed by atoms with van der Waals surface area (Å²) in [5.74, 6) is -1.54. The van der Waals surface area contributed by atoms with Crippen molar-refractivity contribution in [3.63, 3.8) is 0 Å². The number of rotatable bonds is 1. The van der Waals surface area contributed by atoms with Gasteiger partial charge in [-0.2, -0.15) is 0 Å². The minimum atomic E-state index is -0.771. The van der Waals surface area contributed by atoms with Crippen molar-refractivity contribution in [1.29, 1.82) is 0 Å². The van der Waals surface area contributed by atoms with Crippen molar-refractivity contribution in [3.8, 4) is 0 Å². The third kappa shape index (κ3) is 1.67. The molecule has 0 radical (unpaired) electrons. The fourth-order valence-electron chi connectivity index (χ4n) is 0.726. The van der Waals surface area contributed by atoms with Crippen LogP contribution in [0.1, 0.15) is 5.56 Å². The van der Waals surface area contributed by atoms with Crippen molar-refractivity contribution in [1.82, 2.24) is 0 Å². The van der Waals surface area contributed by atoms with Crippen LogP contribution in [0.5, 0.6) is 0 Å². The van der Waals surface area contributed by atoms with Crippen LogP contribution < -0.4 is 5.73 Å². The predicted octanol–water partition coefficient (Wildman–Crippen LogP) is 2.08. The van der Waals surface area contributed by atoms with Gasteiger partial charge < -0.3 is 5.73 Å². The van der Waals surface area contributed by atoms with Crippen LogP contribution in [0.15, 0.2) is 12.1 Å². The molecule has 0 saturated heterocycles. The molecule has 1 aromatic carbocycles. The molecule has 0 aliphatic rings. The van der Waals surface area contributed by atoms with Crippen LogP contribution in [-0.4, -0.2) is 0 Å². The molecule has 0 saturated carbocycles. The maximum absolute atomic E-state index is 12.6. The van der Waals surface area contributed by atoms with Crippen LogP contribution >= 0.6 is 11.6 Å². The number of hydrogen-bond donors (Lipinski definition) is 1. The van der Waals surface area contributed by atoms with E-state index in [4.69, 9.17) is 17.3 Å². The molecule has 0 fully saturated rings. The lowest BCUT2D eigenvalue weighted by Crippen LogP contribution is -1.98. The topological polar surface area (TPSA) is 26.0 Å². The molecule has 0 aromatic heterocycles. The van der Waals surface area contributed by atoms with Crippen LogP contribution in [0.4, 0.5) is 8.78 Å². The normalized spacial score (nSPS) is 10.2. The van der Waals surface area contributed by atoms with E-state index in [1.807, 2.05) is 0 Å². The summed E-state index contributed by atoms with van der Waals surface area (Å²) in [4.78, 5) is 0. The Morgan fingerprint density at radius 1 is 1.27 bits per heavy atom. The second-order valence-corrected chi connectivity index (χ2v) is 2.46. The Bertz CT molecular complexity index is 252. The summed E-state index contributed by atoms with van der Waals surface area (Å²) >= 11 is 5.22. The van der Waals surface area contributed by atoms with Crippen molar-refractivity contribution in [2.45, 2.75) is 6.54 Å². The largest absolute Gasteiger partial charge is 0.326 e. The Hall–Kier alpha value is -0.670. The Labute approximate surface area is 67.8 Å². The summed E-state index contributed by atoms with van der Waals surface area (Å²) in [7, 11) is 0. The van der Waals surface area contributed by atoms with Crippen LogP contribution in [0.2, 0.25) is 5.02 Å². The van der Waals surface area contributed by atoms with Gasteiger partial charge in [0.25, 0.3) is 0 Å². The molecule has 0 aliphatic carbocycles. The van der Waals surface area contributed by atoms with E-state index in [9.17, 15) is 8.78 Å². The van der Waals surface area contributed by atoms with Crippen LogP contribution in [0.3, 0.4) is 0 Å². The summed E-state index contributed by atoms with van der Waals surface area (Å²) in [6, 6.07) is 2.23. The van der Waals surface area contributed by atoms with Gasteiger partial charge in [0.05, 0.1) is 0 Å². The van der Waals surface area contributed by atoms with Crippen molar-refractivity contribution in [2.24, 2.45) is 5.73 Å². The average molecular weight is 178 g/mol. The third-order valence-corrected chi connectivity index (χ3v) is 1.64. The maximum Gasteiger partial charge on any atom is 0.145 e.